The van der Waals surface area contributed by atoms with Crippen molar-refractivity contribution in [3.05, 3.63) is 29.3 Å². The van der Waals surface area contributed by atoms with Crippen molar-refractivity contribution < 1.29 is 9.53 Å². The van der Waals surface area contributed by atoms with Gasteiger partial charge in [0.25, 0.3) is 0 Å². The summed E-state index contributed by atoms with van der Waals surface area (Å²) in [6, 6.07) is 6.30. The molecule has 2 nitrogen and oxygen atoms in total. The molecule has 0 amide bonds. The summed E-state index contributed by atoms with van der Waals surface area (Å²) < 4.78 is 5.38. The Bertz CT molecular complexity index is 402. The summed E-state index contributed by atoms with van der Waals surface area (Å²) in [5, 5.41) is 0. The number of hydrogen-bond donors (Lipinski definition) is 0. The van der Waals surface area contributed by atoms with Gasteiger partial charge in [0, 0.05) is 6.42 Å². The molecule has 0 bridgehead atoms. The summed E-state index contributed by atoms with van der Waals surface area (Å²) >= 11 is 0. The second-order valence-electron chi connectivity index (χ2n) is 6.12. The number of carbonyl (C=O) groups excluding carboxylic acids is 1. The molecule has 0 aliphatic carbocycles. The highest BCUT2D eigenvalue weighted by molar-refractivity contribution is 5.53. The minimum absolute atomic E-state index is 0.206. The third-order valence-electron chi connectivity index (χ3n) is 3.01. The summed E-state index contributed by atoms with van der Waals surface area (Å²) in [5.41, 5.74) is 2.70. The van der Waals surface area contributed by atoms with Crippen molar-refractivity contribution in [2.45, 2.75) is 46.5 Å². The van der Waals surface area contributed by atoms with Gasteiger partial charge in [0.15, 0.2) is 0 Å². The highest BCUT2D eigenvalue weighted by atomic mass is 16.5. The lowest BCUT2D eigenvalue weighted by molar-refractivity contribution is -0.108. The average molecular weight is 248 g/mol. The van der Waals surface area contributed by atoms with Crippen LogP contribution in [-0.2, 0) is 11.2 Å². The van der Waals surface area contributed by atoms with E-state index in [1.165, 1.54) is 5.56 Å². The number of methoxy groups -OCH3 is 1. The van der Waals surface area contributed by atoms with Crippen LogP contribution in [0.25, 0.3) is 0 Å². The number of ether oxygens (including phenoxy) is 1. The molecule has 0 aliphatic rings. The Morgan fingerprint density at radius 1 is 1.33 bits per heavy atom. The van der Waals surface area contributed by atoms with Crippen LogP contribution in [0.2, 0.25) is 0 Å². The quantitative estimate of drug-likeness (QED) is 0.737. The molecule has 0 saturated heterocycles. The molecule has 0 N–H and O–H groups in total. The van der Waals surface area contributed by atoms with Gasteiger partial charge in [-0.05, 0) is 34.9 Å². The van der Waals surface area contributed by atoms with Gasteiger partial charge in [-0.2, -0.15) is 0 Å². The second-order valence-corrected chi connectivity index (χ2v) is 6.12. The van der Waals surface area contributed by atoms with E-state index in [4.69, 9.17) is 4.74 Å². The first-order chi connectivity index (χ1) is 8.37. The molecular weight excluding hydrogens is 224 g/mol. The molecule has 1 aromatic rings. The summed E-state index contributed by atoms with van der Waals surface area (Å²) in [6.07, 6.45) is 2.54. The van der Waals surface area contributed by atoms with Crippen molar-refractivity contribution in [3.8, 4) is 5.75 Å². The van der Waals surface area contributed by atoms with Gasteiger partial charge >= 0.3 is 0 Å². The van der Waals surface area contributed by atoms with E-state index >= 15 is 0 Å². The summed E-state index contributed by atoms with van der Waals surface area (Å²) in [7, 11) is 1.68. The van der Waals surface area contributed by atoms with Crippen LogP contribution in [0.4, 0.5) is 0 Å². The second kappa shape index (κ2) is 6.03. The summed E-state index contributed by atoms with van der Waals surface area (Å²) in [4.78, 5) is 10.7. The molecule has 1 atom stereocenters. The fourth-order valence-electron chi connectivity index (χ4n) is 2.16. The van der Waals surface area contributed by atoms with E-state index in [0.29, 0.717) is 6.42 Å². The Hall–Kier alpha value is -1.31. The van der Waals surface area contributed by atoms with E-state index in [2.05, 4.69) is 39.8 Å². The maximum atomic E-state index is 10.7. The predicted octanol–water partition coefficient (Wildman–Crippen LogP) is 3.98. The lowest BCUT2D eigenvalue weighted by atomic mass is 9.86. The SMILES string of the molecule is COc1ccc(CC(C)(C)C)cc1C(C)CC=O. The molecule has 100 valence electrons. The van der Waals surface area contributed by atoms with Crippen molar-refractivity contribution in [2.24, 2.45) is 5.41 Å². The average Bonchev–Trinajstić information content (AvgIpc) is 2.27. The lowest BCUT2D eigenvalue weighted by Gasteiger charge is -2.20. The minimum atomic E-state index is 0.206. The van der Waals surface area contributed by atoms with Gasteiger partial charge in [-0.1, -0.05) is 39.8 Å². The Kier molecular flexibility index (Phi) is 4.94. The molecular formula is C16H24O2. The maximum absolute atomic E-state index is 10.7. The Morgan fingerprint density at radius 3 is 2.50 bits per heavy atom. The first-order valence-corrected chi connectivity index (χ1v) is 6.48. The monoisotopic (exact) mass is 248 g/mol. The topological polar surface area (TPSA) is 26.3 Å². The molecule has 1 aromatic carbocycles. The van der Waals surface area contributed by atoms with Crippen molar-refractivity contribution >= 4 is 6.29 Å². The van der Waals surface area contributed by atoms with Gasteiger partial charge < -0.3 is 9.53 Å². The maximum Gasteiger partial charge on any atom is 0.122 e. The van der Waals surface area contributed by atoms with Gasteiger partial charge in [-0.25, -0.2) is 0 Å². The van der Waals surface area contributed by atoms with Gasteiger partial charge in [-0.15, -0.1) is 0 Å². The molecule has 0 aromatic heterocycles. The van der Waals surface area contributed by atoms with E-state index in [9.17, 15) is 4.79 Å². The van der Waals surface area contributed by atoms with Crippen LogP contribution in [0.5, 0.6) is 5.75 Å². The molecule has 0 fully saturated rings. The number of rotatable bonds is 5. The van der Waals surface area contributed by atoms with E-state index in [0.717, 1.165) is 24.0 Å². The van der Waals surface area contributed by atoms with E-state index in [1.807, 2.05) is 6.07 Å². The molecule has 0 saturated carbocycles. The molecule has 0 heterocycles. The van der Waals surface area contributed by atoms with Crippen LogP contribution in [0, 0.1) is 5.41 Å². The van der Waals surface area contributed by atoms with Crippen LogP contribution >= 0.6 is 0 Å². The normalized spacial score (nSPS) is 13.2. The highest BCUT2D eigenvalue weighted by Gasteiger charge is 2.15. The zero-order valence-corrected chi connectivity index (χ0v) is 12.1. The van der Waals surface area contributed by atoms with E-state index in [1.54, 1.807) is 7.11 Å². The van der Waals surface area contributed by atoms with Gasteiger partial charge in [0.05, 0.1) is 7.11 Å². The molecule has 1 rings (SSSR count). The number of hydrogen-bond acceptors (Lipinski definition) is 2. The van der Waals surface area contributed by atoms with E-state index < -0.39 is 0 Å². The van der Waals surface area contributed by atoms with Crippen LogP contribution in [0.1, 0.15) is 51.2 Å². The Labute approximate surface area is 110 Å². The zero-order valence-electron chi connectivity index (χ0n) is 12.1. The minimum Gasteiger partial charge on any atom is -0.496 e. The number of benzene rings is 1. The number of aldehydes is 1. The third kappa shape index (κ3) is 4.17. The lowest BCUT2D eigenvalue weighted by Crippen LogP contribution is -2.10. The smallest absolute Gasteiger partial charge is 0.122 e. The molecule has 18 heavy (non-hydrogen) atoms. The molecule has 2 heteroatoms. The predicted molar refractivity (Wildman–Crippen MR) is 75.2 cm³/mol. The molecule has 0 spiro atoms. The van der Waals surface area contributed by atoms with Crippen molar-refractivity contribution in [1.29, 1.82) is 0 Å². The van der Waals surface area contributed by atoms with Crippen LogP contribution in [0.3, 0.4) is 0 Å². The first kappa shape index (κ1) is 14.7. The standard InChI is InChI=1S/C16H24O2/c1-12(8-9-17)14-10-13(11-16(2,3)4)6-7-15(14)18-5/h6-7,9-10,12H,8,11H2,1-5H3. The van der Waals surface area contributed by atoms with E-state index in [-0.39, 0.29) is 11.3 Å². The van der Waals surface area contributed by atoms with Gasteiger partial charge in [-0.3, -0.25) is 0 Å². The van der Waals surface area contributed by atoms with Crippen LogP contribution in [0.15, 0.2) is 18.2 Å². The Morgan fingerprint density at radius 2 is 2.00 bits per heavy atom. The van der Waals surface area contributed by atoms with Crippen molar-refractivity contribution in [3.63, 3.8) is 0 Å². The molecule has 0 aliphatic heterocycles. The summed E-state index contributed by atoms with van der Waals surface area (Å²) in [6.45, 7) is 8.75. The zero-order chi connectivity index (χ0) is 13.8. The molecule has 1 unspecified atom stereocenters. The Balaban J connectivity index is 3.05. The highest BCUT2D eigenvalue weighted by Crippen LogP contribution is 2.31. The fourth-order valence-corrected chi connectivity index (χ4v) is 2.16. The summed E-state index contributed by atoms with van der Waals surface area (Å²) in [5.74, 6) is 1.08. The largest absolute Gasteiger partial charge is 0.496 e. The first-order valence-electron chi connectivity index (χ1n) is 6.48. The fraction of sp³-hybridized carbons (Fsp3) is 0.562. The van der Waals surface area contributed by atoms with Crippen molar-refractivity contribution in [2.75, 3.05) is 7.11 Å². The molecule has 0 radical (unpaired) electrons. The third-order valence-corrected chi connectivity index (χ3v) is 3.01. The van der Waals surface area contributed by atoms with Crippen molar-refractivity contribution in [1.82, 2.24) is 0 Å². The van der Waals surface area contributed by atoms with Crippen LogP contribution in [-0.4, -0.2) is 13.4 Å². The van der Waals surface area contributed by atoms with Gasteiger partial charge in [0.2, 0.25) is 0 Å². The van der Waals surface area contributed by atoms with Gasteiger partial charge in [0.1, 0.15) is 12.0 Å². The number of carbonyl (C=O) groups is 1. The van der Waals surface area contributed by atoms with Crippen LogP contribution < -0.4 is 4.74 Å².